The zero-order valence-electron chi connectivity index (χ0n) is 9.73. The molecule has 0 radical (unpaired) electrons. The van der Waals surface area contributed by atoms with Crippen LogP contribution >= 0.6 is 11.6 Å². The van der Waals surface area contributed by atoms with Crippen LogP contribution in [0, 0.1) is 5.92 Å². The summed E-state index contributed by atoms with van der Waals surface area (Å²) < 4.78 is 22.5. The predicted molar refractivity (Wildman–Crippen MR) is 70.1 cm³/mol. The minimum Gasteiger partial charge on any atom is -0.352 e. The lowest BCUT2D eigenvalue weighted by Crippen LogP contribution is -2.30. The van der Waals surface area contributed by atoms with E-state index in [4.69, 9.17) is 11.6 Å². The molecule has 0 aliphatic carbocycles. The highest BCUT2D eigenvalue weighted by Gasteiger charge is 2.32. The summed E-state index contributed by atoms with van der Waals surface area (Å²) in [7, 11) is -3.01. The number of halogens is 1. The smallest absolute Gasteiger partial charge is 0.224 e. The Morgan fingerprint density at radius 1 is 1.33 bits per heavy atom. The predicted octanol–water partition coefficient (Wildman–Crippen LogP) is 1.39. The van der Waals surface area contributed by atoms with E-state index >= 15 is 0 Å². The molecule has 1 aliphatic heterocycles. The van der Waals surface area contributed by atoms with Gasteiger partial charge < -0.3 is 5.32 Å². The van der Waals surface area contributed by atoms with Crippen molar-refractivity contribution in [2.45, 2.75) is 13.0 Å². The Kier molecular flexibility index (Phi) is 3.92. The Morgan fingerprint density at radius 3 is 2.56 bits per heavy atom. The van der Waals surface area contributed by atoms with Crippen LogP contribution in [0.1, 0.15) is 12.0 Å². The van der Waals surface area contributed by atoms with Gasteiger partial charge in [0.2, 0.25) is 5.91 Å². The number of hydrogen-bond acceptors (Lipinski definition) is 3. The lowest BCUT2D eigenvalue weighted by molar-refractivity contribution is -0.124. The van der Waals surface area contributed by atoms with Crippen molar-refractivity contribution >= 4 is 27.3 Å². The van der Waals surface area contributed by atoms with Crippen molar-refractivity contribution in [3.8, 4) is 0 Å². The second-order valence-corrected chi connectivity index (χ2v) is 7.11. The molecule has 1 N–H and O–H groups in total. The zero-order valence-corrected chi connectivity index (χ0v) is 11.3. The monoisotopic (exact) mass is 287 g/mol. The van der Waals surface area contributed by atoms with E-state index in [2.05, 4.69) is 5.32 Å². The van der Waals surface area contributed by atoms with Crippen LogP contribution in [0.3, 0.4) is 0 Å². The van der Waals surface area contributed by atoms with E-state index in [1.165, 1.54) is 0 Å². The molecule has 1 fully saturated rings. The molecule has 1 unspecified atom stereocenters. The Balaban J connectivity index is 1.87. The van der Waals surface area contributed by atoms with Crippen LogP contribution in [0.15, 0.2) is 24.3 Å². The van der Waals surface area contributed by atoms with Crippen LogP contribution in [0.4, 0.5) is 0 Å². The van der Waals surface area contributed by atoms with E-state index in [-0.39, 0.29) is 17.4 Å². The first kappa shape index (κ1) is 13.4. The van der Waals surface area contributed by atoms with Crippen LogP contribution in [-0.4, -0.2) is 25.8 Å². The number of benzene rings is 1. The Hall–Kier alpha value is -1.07. The summed E-state index contributed by atoms with van der Waals surface area (Å²) in [4.78, 5) is 11.8. The topological polar surface area (TPSA) is 63.2 Å². The number of rotatable bonds is 3. The number of sulfone groups is 1. The molecule has 1 atom stereocenters. The van der Waals surface area contributed by atoms with Gasteiger partial charge in [-0.05, 0) is 24.1 Å². The summed E-state index contributed by atoms with van der Waals surface area (Å²) in [6, 6.07) is 7.16. The fourth-order valence-corrected chi connectivity index (χ4v) is 3.80. The number of amides is 1. The highest BCUT2D eigenvalue weighted by molar-refractivity contribution is 7.91. The standard InChI is InChI=1S/C12H14ClNO3S/c13-11-3-1-9(2-4-11)7-14-12(15)10-5-6-18(16,17)8-10/h1-4,10H,5-8H2,(H,14,15). The normalized spacial score (nSPS) is 21.7. The third-order valence-corrected chi connectivity index (χ3v) is 5.00. The summed E-state index contributed by atoms with van der Waals surface area (Å²) in [6.07, 6.45) is 0.425. The molecule has 1 heterocycles. The maximum absolute atomic E-state index is 11.8. The average Bonchev–Trinajstić information content (AvgIpc) is 2.69. The molecule has 0 aromatic heterocycles. The molecule has 0 saturated carbocycles. The lowest BCUT2D eigenvalue weighted by atomic mass is 10.1. The number of carbonyl (C=O) groups is 1. The van der Waals surface area contributed by atoms with Gasteiger partial charge in [0.25, 0.3) is 0 Å². The van der Waals surface area contributed by atoms with Crippen molar-refractivity contribution in [3.05, 3.63) is 34.9 Å². The summed E-state index contributed by atoms with van der Waals surface area (Å²) in [5.74, 6) is -0.501. The Morgan fingerprint density at radius 2 is 2.00 bits per heavy atom. The first-order chi connectivity index (χ1) is 8.46. The van der Waals surface area contributed by atoms with E-state index in [0.717, 1.165) is 5.56 Å². The van der Waals surface area contributed by atoms with Crippen molar-refractivity contribution in [2.75, 3.05) is 11.5 Å². The zero-order chi connectivity index (χ0) is 13.2. The van der Waals surface area contributed by atoms with Crippen molar-refractivity contribution < 1.29 is 13.2 Å². The van der Waals surface area contributed by atoms with Crippen LogP contribution in [0.2, 0.25) is 5.02 Å². The van der Waals surface area contributed by atoms with E-state index in [1.54, 1.807) is 12.1 Å². The minimum atomic E-state index is -3.01. The molecule has 1 saturated heterocycles. The second-order valence-electron chi connectivity index (χ2n) is 4.44. The van der Waals surface area contributed by atoms with E-state index in [0.29, 0.717) is 18.0 Å². The van der Waals surface area contributed by atoms with Crippen molar-refractivity contribution in [3.63, 3.8) is 0 Å². The molecule has 1 aliphatic rings. The highest BCUT2D eigenvalue weighted by Crippen LogP contribution is 2.18. The van der Waals surface area contributed by atoms with Crippen LogP contribution < -0.4 is 5.32 Å². The third kappa shape index (κ3) is 3.46. The fourth-order valence-electron chi connectivity index (χ4n) is 1.94. The van der Waals surface area contributed by atoms with Gasteiger partial charge in [0.05, 0.1) is 17.4 Å². The van der Waals surface area contributed by atoms with Crippen LogP contribution in [-0.2, 0) is 21.2 Å². The van der Waals surface area contributed by atoms with Crippen molar-refractivity contribution in [1.29, 1.82) is 0 Å². The molecule has 2 rings (SSSR count). The second kappa shape index (κ2) is 5.28. The van der Waals surface area contributed by atoms with Crippen molar-refractivity contribution in [2.24, 2.45) is 5.92 Å². The minimum absolute atomic E-state index is 0.0283. The highest BCUT2D eigenvalue weighted by atomic mass is 35.5. The van der Waals surface area contributed by atoms with Gasteiger partial charge in [-0.15, -0.1) is 0 Å². The Bertz CT molecular complexity index is 539. The summed E-state index contributed by atoms with van der Waals surface area (Å²) >= 11 is 5.76. The molecule has 1 aromatic carbocycles. The average molecular weight is 288 g/mol. The van der Waals surface area contributed by atoms with E-state index in [9.17, 15) is 13.2 Å². The Labute approximate surface area is 111 Å². The van der Waals surface area contributed by atoms with Gasteiger partial charge in [-0.2, -0.15) is 0 Å². The van der Waals surface area contributed by atoms with Crippen molar-refractivity contribution in [1.82, 2.24) is 5.32 Å². The first-order valence-corrected chi connectivity index (χ1v) is 7.89. The first-order valence-electron chi connectivity index (χ1n) is 5.69. The third-order valence-electron chi connectivity index (χ3n) is 2.98. The molecule has 0 bridgehead atoms. The molecular weight excluding hydrogens is 274 g/mol. The van der Waals surface area contributed by atoms with Crippen LogP contribution in [0.25, 0.3) is 0 Å². The van der Waals surface area contributed by atoms with Gasteiger partial charge in [0.1, 0.15) is 0 Å². The molecule has 6 heteroatoms. The maximum Gasteiger partial charge on any atom is 0.224 e. The van der Waals surface area contributed by atoms with Gasteiger partial charge >= 0.3 is 0 Å². The van der Waals surface area contributed by atoms with E-state index < -0.39 is 15.8 Å². The van der Waals surface area contributed by atoms with Crippen LogP contribution in [0.5, 0.6) is 0 Å². The van der Waals surface area contributed by atoms with E-state index in [1.807, 2.05) is 12.1 Å². The summed E-state index contributed by atoms with van der Waals surface area (Å²) in [5, 5.41) is 3.40. The molecule has 4 nitrogen and oxygen atoms in total. The van der Waals surface area contributed by atoms with Gasteiger partial charge in [0.15, 0.2) is 9.84 Å². The molecule has 1 aromatic rings. The largest absolute Gasteiger partial charge is 0.352 e. The quantitative estimate of drug-likeness (QED) is 0.914. The number of hydrogen-bond donors (Lipinski definition) is 1. The summed E-state index contributed by atoms with van der Waals surface area (Å²) in [6.45, 7) is 0.395. The molecule has 98 valence electrons. The number of nitrogens with one attached hydrogen (secondary N) is 1. The molecule has 0 spiro atoms. The maximum atomic E-state index is 11.8. The van der Waals surface area contributed by atoms with Gasteiger partial charge in [-0.1, -0.05) is 23.7 Å². The lowest BCUT2D eigenvalue weighted by Gasteiger charge is -2.09. The molecule has 18 heavy (non-hydrogen) atoms. The summed E-state index contributed by atoms with van der Waals surface area (Å²) in [5.41, 5.74) is 0.939. The van der Waals surface area contributed by atoms with Gasteiger partial charge in [0, 0.05) is 11.6 Å². The molecule has 1 amide bonds. The van der Waals surface area contributed by atoms with Gasteiger partial charge in [-0.3, -0.25) is 4.79 Å². The fraction of sp³-hybridized carbons (Fsp3) is 0.417. The molecular formula is C12H14ClNO3S. The SMILES string of the molecule is O=C(NCc1ccc(Cl)cc1)C1CCS(=O)(=O)C1. The van der Waals surface area contributed by atoms with Gasteiger partial charge in [-0.25, -0.2) is 8.42 Å². The number of carbonyl (C=O) groups excluding carboxylic acids is 1.